The third-order valence-electron chi connectivity index (χ3n) is 6.42. The maximum Gasteiger partial charge on any atom is 0.427 e. The topological polar surface area (TPSA) is 86.7 Å². The van der Waals surface area contributed by atoms with E-state index in [-0.39, 0.29) is 17.5 Å². The molecule has 0 radical (unpaired) electrons. The summed E-state index contributed by atoms with van der Waals surface area (Å²) in [6, 6.07) is 29.7. The van der Waals surface area contributed by atoms with Crippen LogP contribution in [0.2, 0.25) is 0 Å². The lowest BCUT2D eigenvalue weighted by atomic mass is 9.93. The molecule has 0 saturated heterocycles. The van der Waals surface area contributed by atoms with E-state index in [1.807, 2.05) is 100 Å². The van der Waals surface area contributed by atoms with Gasteiger partial charge in [-0.2, -0.15) is 12.7 Å². The summed E-state index contributed by atoms with van der Waals surface area (Å²) in [4.78, 5) is 12.6. The van der Waals surface area contributed by atoms with Gasteiger partial charge in [0.25, 0.3) is 0 Å². The fourth-order valence-corrected chi connectivity index (χ4v) is 5.78. The van der Waals surface area contributed by atoms with Crippen LogP contribution in [-0.2, 0) is 10.2 Å². The van der Waals surface area contributed by atoms with E-state index in [2.05, 4.69) is 4.72 Å². The molecular weight excluding hydrogens is 496 g/mol. The van der Waals surface area contributed by atoms with Crippen molar-refractivity contribution in [2.75, 3.05) is 9.03 Å². The Morgan fingerprint density at radius 1 is 0.711 bits per heavy atom. The Balaban J connectivity index is 1.83. The molecule has 0 fully saturated rings. The van der Waals surface area contributed by atoms with Crippen molar-refractivity contribution in [1.82, 2.24) is 0 Å². The zero-order valence-electron chi connectivity index (χ0n) is 21.9. The Morgan fingerprint density at radius 2 is 1.24 bits per heavy atom. The number of carbonyl (C=O) groups is 1. The lowest BCUT2D eigenvalue weighted by Crippen LogP contribution is -2.40. The standard InChI is InChI=1S/C31H32N2O4S/c1-21(2)26-17-11-18-27(22(3)4)30(26)32-38(36,37)33(31(34)35)29-19-9-8-16-28(29)25-15-10-14-24(20-25)23-12-6-5-7-13-23/h5-22,32H,1-4H3,(H,34,35). The number of benzene rings is 4. The van der Waals surface area contributed by atoms with Crippen LogP contribution in [0.4, 0.5) is 16.2 Å². The number of anilines is 2. The van der Waals surface area contributed by atoms with Crippen LogP contribution in [0.5, 0.6) is 0 Å². The molecule has 196 valence electrons. The van der Waals surface area contributed by atoms with Gasteiger partial charge in [0, 0.05) is 5.56 Å². The maximum atomic E-state index is 13.8. The number of hydrogen-bond donors (Lipinski definition) is 2. The third-order valence-corrected chi connectivity index (χ3v) is 7.72. The van der Waals surface area contributed by atoms with Gasteiger partial charge >= 0.3 is 16.3 Å². The van der Waals surface area contributed by atoms with E-state index < -0.39 is 16.3 Å². The van der Waals surface area contributed by atoms with Gasteiger partial charge in [0.2, 0.25) is 0 Å². The first kappa shape index (κ1) is 26.9. The second kappa shape index (κ2) is 11.1. The lowest BCUT2D eigenvalue weighted by Gasteiger charge is -2.26. The molecule has 7 heteroatoms. The SMILES string of the molecule is CC(C)c1cccc(C(C)C)c1NS(=O)(=O)N(C(=O)O)c1ccccc1-c1cccc(-c2ccccc2)c1. The molecule has 0 heterocycles. The van der Waals surface area contributed by atoms with Crippen molar-refractivity contribution in [2.24, 2.45) is 0 Å². The molecule has 4 aromatic rings. The van der Waals surface area contributed by atoms with E-state index in [1.54, 1.807) is 18.2 Å². The molecule has 0 aliphatic heterocycles. The fraction of sp³-hybridized carbons (Fsp3) is 0.194. The lowest BCUT2D eigenvalue weighted by molar-refractivity contribution is 0.206. The van der Waals surface area contributed by atoms with E-state index >= 15 is 0 Å². The molecule has 1 amide bonds. The average Bonchev–Trinajstić information content (AvgIpc) is 2.89. The average molecular weight is 529 g/mol. The molecule has 0 aromatic heterocycles. The van der Waals surface area contributed by atoms with Crippen molar-refractivity contribution in [3.63, 3.8) is 0 Å². The molecule has 0 aliphatic rings. The molecule has 0 aliphatic carbocycles. The molecule has 0 saturated carbocycles. The van der Waals surface area contributed by atoms with Gasteiger partial charge in [0.05, 0.1) is 11.4 Å². The van der Waals surface area contributed by atoms with Crippen LogP contribution < -0.4 is 9.03 Å². The zero-order valence-corrected chi connectivity index (χ0v) is 22.7. The number of amides is 1. The molecule has 0 unspecified atom stereocenters. The first-order valence-electron chi connectivity index (χ1n) is 12.5. The minimum Gasteiger partial charge on any atom is -0.464 e. The van der Waals surface area contributed by atoms with E-state index in [0.29, 0.717) is 21.1 Å². The largest absolute Gasteiger partial charge is 0.464 e. The molecule has 4 rings (SSSR count). The van der Waals surface area contributed by atoms with Gasteiger partial charge in [0.15, 0.2) is 0 Å². The third kappa shape index (κ3) is 5.58. The number of hydrogen-bond acceptors (Lipinski definition) is 3. The first-order valence-corrected chi connectivity index (χ1v) is 14.0. The Bertz CT molecular complexity index is 1520. The maximum absolute atomic E-state index is 13.8. The number of nitrogens with zero attached hydrogens (tertiary/aromatic N) is 1. The Hall–Kier alpha value is -4.10. The van der Waals surface area contributed by atoms with Crippen molar-refractivity contribution in [3.05, 3.63) is 108 Å². The molecule has 6 nitrogen and oxygen atoms in total. The van der Waals surface area contributed by atoms with Crippen molar-refractivity contribution in [2.45, 2.75) is 39.5 Å². The fourth-order valence-electron chi connectivity index (χ4n) is 4.57. The number of carboxylic acid groups (broad SMARTS) is 1. The van der Waals surface area contributed by atoms with Crippen LogP contribution in [0.1, 0.15) is 50.7 Å². The van der Waals surface area contributed by atoms with Crippen molar-refractivity contribution < 1.29 is 18.3 Å². The minimum absolute atomic E-state index is 0.0256. The van der Waals surface area contributed by atoms with Crippen LogP contribution in [0.25, 0.3) is 22.3 Å². The summed E-state index contributed by atoms with van der Waals surface area (Å²) in [5, 5.41) is 10.2. The molecule has 0 bridgehead atoms. The van der Waals surface area contributed by atoms with Crippen LogP contribution in [0.3, 0.4) is 0 Å². The van der Waals surface area contributed by atoms with E-state index in [0.717, 1.165) is 22.3 Å². The highest BCUT2D eigenvalue weighted by molar-refractivity contribution is 7.94. The Morgan fingerprint density at radius 3 is 1.84 bits per heavy atom. The van der Waals surface area contributed by atoms with Crippen molar-refractivity contribution >= 4 is 27.7 Å². The number of rotatable bonds is 8. The number of nitrogens with one attached hydrogen (secondary N) is 1. The molecule has 0 spiro atoms. The minimum atomic E-state index is -4.55. The quantitative estimate of drug-likeness (QED) is 0.242. The Kier molecular flexibility index (Phi) is 7.88. The van der Waals surface area contributed by atoms with Crippen molar-refractivity contribution in [3.8, 4) is 22.3 Å². The summed E-state index contributed by atoms with van der Waals surface area (Å²) >= 11 is 0. The predicted molar refractivity (Wildman–Crippen MR) is 155 cm³/mol. The number of para-hydroxylation sites is 2. The molecular formula is C31H32N2O4S. The molecule has 2 N–H and O–H groups in total. The zero-order chi connectivity index (χ0) is 27.4. The van der Waals surface area contributed by atoms with Gasteiger partial charge in [-0.1, -0.05) is 113 Å². The smallest absolute Gasteiger partial charge is 0.427 e. The van der Waals surface area contributed by atoms with Gasteiger partial charge in [-0.25, -0.2) is 4.79 Å². The monoisotopic (exact) mass is 528 g/mol. The molecule has 4 aromatic carbocycles. The van der Waals surface area contributed by atoms with E-state index in [1.165, 1.54) is 6.07 Å². The summed E-state index contributed by atoms with van der Waals surface area (Å²) in [6.45, 7) is 7.89. The highest BCUT2D eigenvalue weighted by Crippen LogP contribution is 2.37. The molecule has 0 atom stereocenters. The van der Waals surface area contributed by atoms with Gasteiger partial charge in [-0.15, -0.1) is 0 Å². The summed E-state index contributed by atoms with van der Waals surface area (Å²) in [7, 11) is -4.55. The summed E-state index contributed by atoms with van der Waals surface area (Å²) in [6.07, 6.45) is -1.60. The highest BCUT2D eigenvalue weighted by Gasteiger charge is 2.33. The Labute approximate surface area is 224 Å². The van der Waals surface area contributed by atoms with Crippen LogP contribution >= 0.6 is 0 Å². The normalized spacial score (nSPS) is 11.5. The first-order chi connectivity index (χ1) is 18.1. The highest BCUT2D eigenvalue weighted by atomic mass is 32.2. The summed E-state index contributed by atoms with van der Waals surface area (Å²) < 4.78 is 30.7. The predicted octanol–water partition coefficient (Wildman–Crippen LogP) is 8.11. The summed E-state index contributed by atoms with van der Waals surface area (Å²) in [5.41, 5.74) is 5.20. The second-order valence-corrected chi connectivity index (χ2v) is 11.3. The van der Waals surface area contributed by atoms with Gasteiger partial charge in [0.1, 0.15) is 0 Å². The van der Waals surface area contributed by atoms with Gasteiger partial charge < -0.3 is 5.11 Å². The van der Waals surface area contributed by atoms with Gasteiger partial charge in [-0.3, -0.25) is 4.72 Å². The second-order valence-electron chi connectivity index (χ2n) is 9.74. The van der Waals surface area contributed by atoms with Gasteiger partial charge in [-0.05, 0) is 51.8 Å². The van der Waals surface area contributed by atoms with Crippen LogP contribution in [-0.4, -0.2) is 19.6 Å². The van der Waals surface area contributed by atoms with Crippen molar-refractivity contribution in [1.29, 1.82) is 0 Å². The van der Waals surface area contributed by atoms with E-state index in [9.17, 15) is 18.3 Å². The van der Waals surface area contributed by atoms with Crippen LogP contribution in [0, 0.1) is 0 Å². The van der Waals surface area contributed by atoms with Crippen LogP contribution in [0.15, 0.2) is 97.1 Å². The molecule has 38 heavy (non-hydrogen) atoms. The summed E-state index contributed by atoms with van der Waals surface area (Å²) in [5.74, 6) is 0.0513. The van der Waals surface area contributed by atoms with E-state index in [4.69, 9.17) is 0 Å².